The van der Waals surface area contributed by atoms with Crippen LogP contribution < -0.4 is 5.32 Å². The molecule has 9 heteroatoms. The van der Waals surface area contributed by atoms with Gasteiger partial charge in [0.05, 0.1) is 18.6 Å². The highest BCUT2D eigenvalue weighted by Crippen LogP contribution is 2.22. The van der Waals surface area contributed by atoms with Gasteiger partial charge < -0.3 is 5.32 Å². The Labute approximate surface area is 141 Å². The molecule has 7 nitrogen and oxygen atoms in total. The summed E-state index contributed by atoms with van der Waals surface area (Å²) in [7, 11) is 0. The predicted molar refractivity (Wildman–Crippen MR) is 90.1 cm³/mol. The van der Waals surface area contributed by atoms with Crippen LogP contribution in [0.4, 0.5) is 0 Å². The molecule has 2 aromatic heterocycles. The molecule has 2 heterocycles. The van der Waals surface area contributed by atoms with Crippen molar-refractivity contribution in [3.8, 4) is 10.6 Å². The Bertz CT molecular complexity index is 785. The summed E-state index contributed by atoms with van der Waals surface area (Å²) in [5.74, 6) is 0.394. The molecule has 0 saturated carbocycles. The van der Waals surface area contributed by atoms with Crippen molar-refractivity contribution in [3.05, 3.63) is 47.2 Å². The summed E-state index contributed by atoms with van der Waals surface area (Å²) >= 11 is 3.06. The van der Waals surface area contributed by atoms with Crippen LogP contribution in [0, 0.1) is 0 Å². The third-order valence-corrected chi connectivity index (χ3v) is 4.42. The zero-order valence-electron chi connectivity index (χ0n) is 12.3. The summed E-state index contributed by atoms with van der Waals surface area (Å²) in [6, 6.07) is 9.82. The topological polar surface area (TPSA) is 85.6 Å². The number of carbonyl (C=O) groups is 1. The highest BCUT2D eigenvalue weighted by atomic mass is 32.2. The van der Waals surface area contributed by atoms with Gasteiger partial charge >= 0.3 is 0 Å². The Hall–Kier alpha value is -2.26. The standard InChI is InChI=1S/C14H14N6OS2/c1-22-9-20-8-11(16-19-20)13(21)15-7-12-17-18-14(23-12)10-5-3-2-4-6-10/h2-6,8H,7,9H2,1H3,(H,15,21). The number of nitrogens with one attached hydrogen (secondary N) is 1. The number of carbonyl (C=O) groups excluding carboxylic acids is 1. The zero-order chi connectivity index (χ0) is 16.1. The lowest BCUT2D eigenvalue weighted by molar-refractivity contribution is 0.0945. The molecule has 0 bridgehead atoms. The summed E-state index contributed by atoms with van der Waals surface area (Å²) in [4.78, 5) is 12.0. The van der Waals surface area contributed by atoms with Crippen LogP contribution in [0.25, 0.3) is 10.6 Å². The predicted octanol–water partition coefficient (Wildman–Crippen LogP) is 2.05. The molecule has 1 aromatic carbocycles. The van der Waals surface area contributed by atoms with Gasteiger partial charge in [-0.1, -0.05) is 46.9 Å². The molecule has 1 amide bonds. The fourth-order valence-corrected chi connectivity index (χ4v) is 3.04. The van der Waals surface area contributed by atoms with Crippen LogP contribution in [0.3, 0.4) is 0 Å². The zero-order valence-corrected chi connectivity index (χ0v) is 14.0. The van der Waals surface area contributed by atoms with E-state index >= 15 is 0 Å². The smallest absolute Gasteiger partial charge is 0.273 e. The number of nitrogens with zero attached hydrogens (tertiary/aromatic N) is 5. The molecule has 0 spiro atoms. The van der Waals surface area contributed by atoms with Gasteiger partial charge in [0.25, 0.3) is 5.91 Å². The Morgan fingerprint density at radius 1 is 1.26 bits per heavy atom. The second-order valence-corrected chi connectivity index (χ2v) is 6.51. The summed E-state index contributed by atoms with van der Waals surface area (Å²) in [6.07, 6.45) is 3.59. The molecular weight excluding hydrogens is 332 g/mol. The lowest BCUT2D eigenvalue weighted by Gasteiger charge is -1.98. The quantitative estimate of drug-likeness (QED) is 0.735. The van der Waals surface area contributed by atoms with Gasteiger partial charge in [-0.3, -0.25) is 4.79 Å². The van der Waals surface area contributed by atoms with Gasteiger partial charge in [-0.2, -0.15) is 0 Å². The van der Waals surface area contributed by atoms with E-state index in [1.165, 1.54) is 11.3 Å². The van der Waals surface area contributed by atoms with Crippen LogP contribution in [0.5, 0.6) is 0 Å². The van der Waals surface area contributed by atoms with Gasteiger partial charge in [0.15, 0.2) is 5.69 Å². The van der Waals surface area contributed by atoms with E-state index in [4.69, 9.17) is 0 Å². The SMILES string of the molecule is CSCn1cc(C(=O)NCc2nnc(-c3ccccc3)s2)nn1. The van der Waals surface area contributed by atoms with E-state index in [0.717, 1.165) is 15.6 Å². The fourth-order valence-electron chi connectivity index (χ4n) is 1.87. The van der Waals surface area contributed by atoms with Crippen molar-refractivity contribution >= 4 is 29.0 Å². The van der Waals surface area contributed by atoms with E-state index < -0.39 is 0 Å². The van der Waals surface area contributed by atoms with Gasteiger partial charge in [0.1, 0.15) is 10.0 Å². The highest BCUT2D eigenvalue weighted by molar-refractivity contribution is 7.97. The summed E-state index contributed by atoms with van der Waals surface area (Å²) in [5, 5.41) is 20.4. The maximum absolute atomic E-state index is 12.0. The van der Waals surface area contributed by atoms with Crippen LogP contribution >= 0.6 is 23.1 Å². The van der Waals surface area contributed by atoms with Gasteiger partial charge in [0.2, 0.25) is 0 Å². The number of hydrogen-bond acceptors (Lipinski definition) is 7. The molecular formula is C14H14N6OS2. The van der Waals surface area contributed by atoms with Crippen LogP contribution in [-0.2, 0) is 12.4 Å². The van der Waals surface area contributed by atoms with Crippen molar-refractivity contribution in [2.75, 3.05) is 6.26 Å². The van der Waals surface area contributed by atoms with Crippen molar-refractivity contribution in [2.24, 2.45) is 0 Å². The largest absolute Gasteiger partial charge is 0.344 e. The normalized spacial score (nSPS) is 10.7. The van der Waals surface area contributed by atoms with E-state index in [0.29, 0.717) is 18.1 Å². The number of benzene rings is 1. The van der Waals surface area contributed by atoms with Crippen molar-refractivity contribution in [2.45, 2.75) is 12.4 Å². The first-order valence-corrected chi connectivity index (χ1v) is 9.02. The molecule has 23 heavy (non-hydrogen) atoms. The van der Waals surface area contributed by atoms with Crippen LogP contribution in [0.1, 0.15) is 15.5 Å². The lowest BCUT2D eigenvalue weighted by Crippen LogP contribution is -2.23. The summed E-state index contributed by atoms with van der Waals surface area (Å²) in [5.41, 5.74) is 1.31. The average Bonchev–Trinajstić information content (AvgIpc) is 3.23. The van der Waals surface area contributed by atoms with E-state index in [9.17, 15) is 4.79 Å². The number of amides is 1. The molecule has 3 rings (SSSR count). The maximum Gasteiger partial charge on any atom is 0.273 e. The molecule has 1 N–H and O–H groups in total. The average molecular weight is 346 g/mol. The van der Waals surface area contributed by atoms with Gasteiger partial charge in [-0.05, 0) is 6.26 Å². The van der Waals surface area contributed by atoms with Gasteiger partial charge in [-0.25, -0.2) is 4.68 Å². The first-order valence-electron chi connectivity index (χ1n) is 6.81. The van der Waals surface area contributed by atoms with Gasteiger partial charge in [0, 0.05) is 5.56 Å². The Morgan fingerprint density at radius 3 is 2.87 bits per heavy atom. The Kier molecular flexibility index (Phi) is 4.99. The molecule has 0 aliphatic rings. The second-order valence-electron chi connectivity index (χ2n) is 4.61. The number of hydrogen-bond donors (Lipinski definition) is 1. The van der Waals surface area contributed by atoms with E-state index in [1.54, 1.807) is 22.6 Å². The molecule has 3 aromatic rings. The van der Waals surface area contributed by atoms with E-state index in [-0.39, 0.29) is 5.91 Å². The third kappa shape index (κ3) is 3.93. The molecule has 0 aliphatic heterocycles. The first-order chi connectivity index (χ1) is 11.3. The Balaban J connectivity index is 1.60. The minimum atomic E-state index is -0.270. The second kappa shape index (κ2) is 7.34. The van der Waals surface area contributed by atoms with E-state index in [2.05, 4.69) is 25.8 Å². The molecule has 0 aliphatic carbocycles. The monoisotopic (exact) mass is 346 g/mol. The lowest BCUT2D eigenvalue weighted by atomic mass is 10.2. The minimum Gasteiger partial charge on any atom is -0.344 e. The molecule has 0 saturated heterocycles. The maximum atomic E-state index is 12.0. The fraction of sp³-hybridized carbons (Fsp3) is 0.214. The third-order valence-electron chi connectivity index (χ3n) is 2.92. The summed E-state index contributed by atoms with van der Waals surface area (Å²) in [6.45, 7) is 0.318. The number of aromatic nitrogens is 5. The van der Waals surface area contributed by atoms with Crippen molar-refractivity contribution in [1.29, 1.82) is 0 Å². The number of thioether (sulfide) groups is 1. The molecule has 0 radical (unpaired) electrons. The minimum absolute atomic E-state index is 0.270. The summed E-state index contributed by atoms with van der Waals surface area (Å²) < 4.78 is 1.62. The molecule has 0 unspecified atom stereocenters. The molecule has 0 atom stereocenters. The molecule has 0 fully saturated rings. The van der Waals surface area contributed by atoms with Crippen molar-refractivity contribution < 1.29 is 4.79 Å². The Morgan fingerprint density at radius 2 is 2.09 bits per heavy atom. The highest BCUT2D eigenvalue weighted by Gasteiger charge is 2.12. The van der Waals surface area contributed by atoms with Crippen molar-refractivity contribution in [1.82, 2.24) is 30.5 Å². The van der Waals surface area contributed by atoms with Crippen LogP contribution in [0.15, 0.2) is 36.5 Å². The van der Waals surface area contributed by atoms with Crippen LogP contribution in [0.2, 0.25) is 0 Å². The van der Waals surface area contributed by atoms with Crippen molar-refractivity contribution in [3.63, 3.8) is 0 Å². The first kappa shape index (κ1) is 15.6. The molecule has 118 valence electrons. The van der Waals surface area contributed by atoms with Gasteiger partial charge in [-0.15, -0.1) is 27.1 Å². The van der Waals surface area contributed by atoms with E-state index in [1.807, 2.05) is 36.6 Å². The number of rotatable bonds is 6. The van der Waals surface area contributed by atoms with Crippen LogP contribution in [-0.4, -0.2) is 37.4 Å².